The Hall–Kier alpha value is -2.42. The molecule has 0 spiro atoms. The number of hydrogen-bond acceptors (Lipinski definition) is 6. The van der Waals surface area contributed by atoms with Gasteiger partial charge in [0.15, 0.2) is 0 Å². The fraction of sp³-hybridized carbons (Fsp3) is 0. The van der Waals surface area contributed by atoms with Crippen molar-refractivity contribution in [3.05, 3.63) is 91.0 Å². The van der Waals surface area contributed by atoms with Gasteiger partial charge in [0.2, 0.25) is 0 Å². The van der Waals surface area contributed by atoms with Crippen LogP contribution in [0.4, 0.5) is 0 Å². The molecule has 0 amide bonds. The molecular formula is C18H17N3O6S4. The first-order valence-electron chi connectivity index (χ1n) is 8.53. The zero-order chi connectivity index (χ0) is 22.5. The predicted molar refractivity (Wildman–Crippen MR) is 117 cm³/mol. The van der Waals surface area contributed by atoms with Gasteiger partial charge in [0.05, 0.1) is 25.7 Å². The molecule has 0 aliphatic carbocycles. The van der Waals surface area contributed by atoms with Crippen LogP contribution >= 0.6 is 0 Å². The first-order chi connectivity index (χ1) is 14.6. The van der Waals surface area contributed by atoms with Gasteiger partial charge in [-0.15, -0.1) is 12.0 Å². The topological polar surface area (TPSA) is 139 Å². The van der Waals surface area contributed by atoms with Crippen LogP contribution in [0.3, 0.4) is 0 Å². The summed E-state index contributed by atoms with van der Waals surface area (Å²) in [6, 6.07) is 21.2. The van der Waals surface area contributed by atoms with Crippen LogP contribution in [0.15, 0.2) is 109 Å². The Labute approximate surface area is 183 Å². The number of sulfonamides is 3. The van der Waals surface area contributed by atoms with Crippen molar-refractivity contribution in [3.63, 3.8) is 0 Å². The van der Waals surface area contributed by atoms with E-state index in [2.05, 4.69) is 3.77 Å². The molecule has 3 rings (SSSR count). The summed E-state index contributed by atoms with van der Waals surface area (Å²) in [6.07, 6.45) is 0. The minimum absolute atomic E-state index is 0.182. The van der Waals surface area contributed by atoms with E-state index in [1.807, 2.05) is 8.25 Å². The van der Waals surface area contributed by atoms with E-state index in [1.54, 1.807) is 18.2 Å². The molecule has 0 aromatic heterocycles. The Bertz CT molecular complexity index is 1320. The predicted octanol–water partition coefficient (Wildman–Crippen LogP) is 1.96. The molecule has 0 atom stereocenters. The van der Waals surface area contributed by atoms with Gasteiger partial charge in [0.25, 0.3) is 30.1 Å². The highest BCUT2D eigenvalue weighted by Crippen LogP contribution is 2.15. The maximum absolute atomic E-state index is 12.7. The second-order valence-electron chi connectivity index (χ2n) is 5.95. The summed E-state index contributed by atoms with van der Waals surface area (Å²) in [6.45, 7) is 0. The van der Waals surface area contributed by atoms with Crippen LogP contribution in [0.2, 0.25) is 0 Å². The molecule has 3 aromatic rings. The van der Waals surface area contributed by atoms with Crippen LogP contribution in [0, 0.1) is 0 Å². The second-order valence-corrected chi connectivity index (χ2v) is 12.8. The lowest BCUT2D eigenvalue weighted by molar-refractivity contribution is 0.593. The zero-order valence-corrected chi connectivity index (χ0v) is 19.0. The number of nitrogens with zero attached hydrogens (tertiary/aromatic N) is 1. The maximum atomic E-state index is 12.7. The summed E-state index contributed by atoms with van der Waals surface area (Å²) in [4.78, 5) is -0.581. The van der Waals surface area contributed by atoms with Gasteiger partial charge in [-0.1, -0.05) is 54.6 Å². The SMILES string of the molecule is O=S(=O)(N=S(NS(=O)(=O)c1ccccc1)NS(=O)(=O)c1ccccc1)c1ccccc1. The van der Waals surface area contributed by atoms with E-state index in [9.17, 15) is 25.3 Å². The molecule has 0 saturated carbocycles. The maximum Gasteiger partial charge on any atom is 0.290 e. The van der Waals surface area contributed by atoms with E-state index >= 15 is 0 Å². The molecule has 0 aliphatic rings. The van der Waals surface area contributed by atoms with Crippen LogP contribution in [0.5, 0.6) is 0 Å². The van der Waals surface area contributed by atoms with Gasteiger partial charge >= 0.3 is 0 Å². The van der Waals surface area contributed by atoms with Crippen molar-refractivity contribution in [2.45, 2.75) is 14.7 Å². The van der Waals surface area contributed by atoms with E-state index in [0.29, 0.717) is 0 Å². The summed E-state index contributed by atoms with van der Waals surface area (Å²) >= 11 is -2.37. The summed E-state index contributed by atoms with van der Waals surface area (Å²) in [5, 5.41) is 0. The Morgan fingerprint density at radius 3 is 1.19 bits per heavy atom. The summed E-state index contributed by atoms with van der Waals surface area (Å²) in [5.74, 6) is 0. The lowest BCUT2D eigenvalue weighted by Crippen LogP contribution is -2.38. The fourth-order valence-corrected chi connectivity index (χ4v) is 8.61. The summed E-state index contributed by atoms with van der Waals surface area (Å²) in [5.41, 5.74) is 0. The average molecular weight is 500 g/mol. The van der Waals surface area contributed by atoms with Crippen LogP contribution in [0.25, 0.3) is 0 Å². The molecule has 31 heavy (non-hydrogen) atoms. The normalized spacial score (nSPS) is 12.5. The largest absolute Gasteiger partial charge is 0.290 e. The number of benzene rings is 3. The van der Waals surface area contributed by atoms with Crippen LogP contribution in [0.1, 0.15) is 0 Å². The van der Waals surface area contributed by atoms with Crippen LogP contribution < -0.4 is 8.25 Å². The van der Waals surface area contributed by atoms with Gasteiger partial charge in [-0.25, -0.2) is 16.8 Å². The van der Waals surface area contributed by atoms with Crippen molar-refractivity contribution in [2.24, 2.45) is 3.77 Å². The van der Waals surface area contributed by atoms with Crippen molar-refractivity contribution >= 4 is 41.1 Å². The first-order valence-corrected chi connectivity index (χ1v) is 14.1. The molecule has 9 nitrogen and oxygen atoms in total. The lowest BCUT2D eigenvalue weighted by atomic mass is 10.4. The molecule has 0 saturated heterocycles. The van der Waals surface area contributed by atoms with Crippen LogP contribution in [-0.4, -0.2) is 25.3 Å². The highest BCUT2D eigenvalue weighted by molar-refractivity contribution is 8.11. The number of rotatable bonds is 8. The van der Waals surface area contributed by atoms with E-state index in [1.165, 1.54) is 72.8 Å². The van der Waals surface area contributed by atoms with E-state index < -0.39 is 41.1 Å². The standard InChI is InChI=1S/C18H17N3O6S4/c22-29(23,16-10-4-1-5-11-16)19-28(20-30(24,25)17-12-6-2-7-13-17)21-31(26,27)18-14-8-3-9-15-18/h1-15H,(H2,19,20,21). The Morgan fingerprint density at radius 2 is 0.839 bits per heavy atom. The van der Waals surface area contributed by atoms with E-state index in [-0.39, 0.29) is 14.7 Å². The molecular weight excluding hydrogens is 482 g/mol. The minimum atomic E-state index is -4.39. The third kappa shape index (κ3) is 6.06. The molecule has 0 bridgehead atoms. The molecule has 164 valence electrons. The molecule has 3 aromatic carbocycles. The molecule has 0 radical (unpaired) electrons. The molecule has 13 heteroatoms. The fourth-order valence-electron chi connectivity index (χ4n) is 2.28. The number of hydrogen-bond donors (Lipinski definition) is 2. The third-order valence-electron chi connectivity index (χ3n) is 3.70. The average Bonchev–Trinajstić information content (AvgIpc) is 2.75. The van der Waals surface area contributed by atoms with E-state index in [0.717, 1.165) is 0 Å². The Balaban J connectivity index is 2.06. The first kappa shape index (κ1) is 23.2. The monoisotopic (exact) mass is 499 g/mol. The second kappa shape index (κ2) is 9.38. The Kier molecular flexibility index (Phi) is 7.03. The smallest absolute Gasteiger partial charge is 0.206 e. The van der Waals surface area contributed by atoms with Gasteiger partial charge < -0.3 is 0 Å². The van der Waals surface area contributed by atoms with Crippen molar-refractivity contribution in [2.75, 3.05) is 0 Å². The highest BCUT2D eigenvalue weighted by Gasteiger charge is 2.24. The van der Waals surface area contributed by atoms with Gasteiger partial charge in [-0.3, -0.25) is 0 Å². The Morgan fingerprint density at radius 1 is 0.516 bits per heavy atom. The molecule has 0 fully saturated rings. The molecule has 0 aliphatic heterocycles. The quantitative estimate of drug-likeness (QED) is 0.486. The van der Waals surface area contributed by atoms with Crippen molar-refractivity contribution in [1.82, 2.24) is 8.25 Å². The molecule has 2 N–H and O–H groups in total. The third-order valence-corrected chi connectivity index (χ3v) is 10.8. The minimum Gasteiger partial charge on any atom is -0.206 e. The summed E-state index contributed by atoms with van der Waals surface area (Å²) < 4.78 is 83.7. The summed E-state index contributed by atoms with van der Waals surface area (Å²) in [7, 11) is -13.0. The number of nitrogens with one attached hydrogen (secondary N) is 2. The highest BCUT2D eigenvalue weighted by atomic mass is 32.3. The molecule has 0 unspecified atom stereocenters. The lowest BCUT2D eigenvalue weighted by Gasteiger charge is -2.13. The van der Waals surface area contributed by atoms with Crippen molar-refractivity contribution < 1.29 is 25.3 Å². The molecule has 0 heterocycles. The van der Waals surface area contributed by atoms with Gasteiger partial charge in [0, 0.05) is 0 Å². The van der Waals surface area contributed by atoms with Crippen LogP contribution in [-0.2, 0) is 41.1 Å². The zero-order valence-electron chi connectivity index (χ0n) is 15.7. The van der Waals surface area contributed by atoms with Gasteiger partial charge in [-0.05, 0) is 36.4 Å². The van der Waals surface area contributed by atoms with Gasteiger partial charge in [0.1, 0.15) is 0 Å². The van der Waals surface area contributed by atoms with Crippen molar-refractivity contribution in [3.8, 4) is 0 Å². The van der Waals surface area contributed by atoms with E-state index in [4.69, 9.17) is 0 Å². The van der Waals surface area contributed by atoms with Gasteiger partial charge in [-0.2, -0.15) is 8.42 Å². The van der Waals surface area contributed by atoms with Crippen molar-refractivity contribution in [1.29, 1.82) is 0 Å².